The summed E-state index contributed by atoms with van der Waals surface area (Å²) < 4.78 is 0. The third-order valence-corrected chi connectivity index (χ3v) is 1.88. The molecule has 1 aromatic heterocycles. The summed E-state index contributed by atoms with van der Waals surface area (Å²) in [6.45, 7) is 2.73. The van der Waals surface area contributed by atoms with Gasteiger partial charge in [0.25, 0.3) is 5.91 Å². The van der Waals surface area contributed by atoms with Crippen molar-refractivity contribution in [3.63, 3.8) is 0 Å². The second-order valence-electron chi connectivity index (χ2n) is 2.96. The number of pyridine rings is 1. The summed E-state index contributed by atoms with van der Waals surface area (Å²) in [6, 6.07) is 3.53. The lowest BCUT2D eigenvalue weighted by Crippen LogP contribution is -2.19. The van der Waals surface area contributed by atoms with Crippen LogP contribution >= 0.6 is 0 Å². The lowest BCUT2D eigenvalue weighted by Gasteiger charge is -2.03. The molecular weight excluding hydrogens is 190 g/mol. The average Bonchev–Trinajstić information content (AvgIpc) is 2.29. The molecule has 0 radical (unpaired) electrons. The van der Waals surface area contributed by atoms with Crippen molar-refractivity contribution in [3.05, 3.63) is 36.2 Å². The van der Waals surface area contributed by atoms with E-state index in [-0.39, 0.29) is 5.91 Å². The number of aromatic nitrogens is 1. The van der Waals surface area contributed by atoms with Crippen LogP contribution in [-0.4, -0.2) is 24.5 Å². The Morgan fingerprint density at radius 1 is 1.53 bits per heavy atom. The highest BCUT2D eigenvalue weighted by Gasteiger charge is 2.02. The molecule has 2 N–H and O–H groups in total. The van der Waals surface area contributed by atoms with Gasteiger partial charge in [-0.3, -0.25) is 4.79 Å². The minimum Gasteiger partial charge on any atom is -0.380 e. The number of carbonyl (C=O) groups is 1. The van der Waals surface area contributed by atoms with E-state index in [2.05, 4.69) is 15.6 Å². The van der Waals surface area contributed by atoms with E-state index in [1.165, 1.54) is 0 Å². The van der Waals surface area contributed by atoms with Crippen molar-refractivity contribution in [1.82, 2.24) is 10.3 Å². The molecule has 1 amide bonds. The molecule has 1 aromatic rings. The highest BCUT2D eigenvalue weighted by atomic mass is 16.1. The second kappa shape index (κ2) is 5.80. The van der Waals surface area contributed by atoms with Gasteiger partial charge in [0.2, 0.25) is 0 Å². The van der Waals surface area contributed by atoms with Gasteiger partial charge in [-0.15, -0.1) is 0 Å². The van der Waals surface area contributed by atoms with Crippen molar-refractivity contribution >= 4 is 11.6 Å². The predicted molar refractivity (Wildman–Crippen MR) is 60.9 cm³/mol. The van der Waals surface area contributed by atoms with Crippen molar-refractivity contribution < 1.29 is 4.79 Å². The molecule has 0 aliphatic carbocycles. The highest BCUT2D eigenvalue weighted by molar-refractivity contribution is 5.92. The van der Waals surface area contributed by atoms with Crippen LogP contribution in [0.25, 0.3) is 0 Å². The molecule has 0 aliphatic rings. The Balaban J connectivity index is 2.60. The molecule has 4 nitrogen and oxygen atoms in total. The molecular formula is C11H15N3O. The number of allylic oxidation sites excluding steroid dienone is 1. The summed E-state index contributed by atoms with van der Waals surface area (Å²) in [4.78, 5) is 15.2. The van der Waals surface area contributed by atoms with Crippen LogP contribution < -0.4 is 10.6 Å². The fourth-order valence-electron chi connectivity index (χ4n) is 1.06. The van der Waals surface area contributed by atoms with E-state index < -0.39 is 0 Å². The number of hydrogen-bond acceptors (Lipinski definition) is 3. The Bertz CT molecular complexity index is 343. The second-order valence-corrected chi connectivity index (χ2v) is 2.96. The fraction of sp³-hybridized carbons (Fsp3) is 0.273. The minimum atomic E-state index is -0.171. The van der Waals surface area contributed by atoms with E-state index in [1.54, 1.807) is 19.3 Å². The lowest BCUT2D eigenvalue weighted by molar-refractivity contribution is 0.0958. The van der Waals surface area contributed by atoms with E-state index in [0.29, 0.717) is 5.69 Å². The van der Waals surface area contributed by atoms with Crippen molar-refractivity contribution in [2.45, 2.75) is 6.92 Å². The van der Waals surface area contributed by atoms with E-state index >= 15 is 0 Å². The molecule has 1 rings (SSSR count). The van der Waals surface area contributed by atoms with Gasteiger partial charge >= 0.3 is 0 Å². The monoisotopic (exact) mass is 205 g/mol. The highest BCUT2D eigenvalue weighted by Crippen LogP contribution is 2.05. The summed E-state index contributed by atoms with van der Waals surface area (Å²) in [6.07, 6.45) is 5.63. The van der Waals surface area contributed by atoms with Crippen molar-refractivity contribution in [2.24, 2.45) is 0 Å². The molecule has 0 bridgehead atoms. The SMILES string of the molecule is C/C=C/CNc1ccc(C(=O)NC)nc1. The molecule has 0 atom stereocenters. The summed E-state index contributed by atoms with van der Waals surface area (Å²) in [5, 5.41) is 5.67. The first kappa shape index (κ1) is 11.2. The average molecular weight is 205 g/mol. The van der Waals surface area contributed by atoms with Crippen molar-refractivity contribution in [3.8, 4) is 0 Å². The van der Waals surface area contributed by atoms with Crippen LogP contribution in [0.4, 0.5) is 5.69 Å². The summed E-state index contributed by atoms with van der Waals surface area (Å²) in [5.74, 6) is -0.171. The first-order valence-electron chi connectivity index (χ1n) is 4.81. The Kier molecular flexibility index (Phi) is 4.34. The molecule has 0 aliphatic heterocycles. The number of anilines is 1. The van der Waals surface area contributed by atoms with Gasteiger partial charge in [-0.25, -0.2) is 4.98 Å². The number of rotatable bonds is 4. The van der Waals surface area contributed by atoms with Gasteiger partial charge in [-0.05, 0) is 19.1 Å². The molecule has 0 saturated heterocycles. The van der Waals surface area contributed by atoms with Gasteiger partial charge in [0.1, 0.15) is 5.69 Å². The van der Waals surface area contributed by atoms with Gasteiger partial charge < -0.3 is 10.6 Å². The fourth-order valence-corrected chi connectivity index (χ4v) is 1.06. The molecule has 0 fully saturated rings. The van der Waals surface area contributed by atoms with E-state index in [1.807, 2.05) is 25.1 Å². The van der Waals surface area contributed by atoms with E-state index in [0.717, 1.165) is 12.2 Å². The van der Waals surface area contributed by atoms with Crippen LogP contribution in [-0.2, 0) is 0 Å². The molecule has 0 saturated carbocycles. The zero-order chi connectivity index (χ0) is 11.1. The van der Waals surface area contributed by atoms with Crippen LogP contribution in [0.1, 0.15) is 17.4 Å². The van der Waals surface area contributed by atoms with Crippen LogP contribution in [0.5, 0.6) is 0 Å². The molecule has 0 unspecified atom stereocenters. The van der Waals surface area contributed by atoms with Gasteiger partial charge in [0.15, 0.2) is 0 Å². The van der Waals surface area contributed by atoms with Crippen molar-refractivity contribution in [2.75, 3.05) is 18.9 Å². The number of hydrogen-bond donors (Lipinski definition) is 2. The topological polar surface area (TPSA) is 54.0 Å². The molecule has 0 aromatic carbocycles. The zero-order valence-electron chi connectivity index (χ0n) is 8.95. The number of amides is 1. The summed E-state index contributed by atoms with van der Waals surface area (Å²) in [7, 11) is 1.59. The lowest BCUT2D eigenvalue weighted by atomic mass is 10.3. The molecule has 1 heterocycles. The van der Waals surface area contributed by atoms with Gasteiger partial charge in [0, 0.05) is 13.6 Å². The van der Waals surface area contributed by atoms with Crippen LogP contribution in [0, 0.1) is 0 Å². The zero-order valence-corrected chi connectivity index (χ0v) is 8.95. The maximum absolute atomic E-state index is 11.2. The maximum Gasteiger partial charge on any atom is 0.269 e. The van der Waals surface area contributed by atoms with Gasteiger partial charge in [0.05, 0.1) is 11.9 Å². The smallest absolute Gasteiger partial charge is 0.269 e. The standard InChI is InChI=1S/C11H15N3O/c1-3-4-7-13-9-5-6-10(14-8-9)11(15)12-2/h3-6,8,13H,7H2,1-2H3,(H,12,15)/b4-3+. The normalized spacial score (nSPS) is 10.3. The van der Waals surface area contributed by atoms with Crippen LogP contribution in [0.2, 0.25) is 0 Å². The van der Waals surface area contributed by atoms with E-state index in [9.17, 15) is 4.79 Å². The number of nitrogens with one attached hydrogen (secondary N) is 2. The Hall–Kier alpha value is -1.84. The summed E-state index contributed by atoms with van der Waals surface area (Å²) in [5.41, 5.74) is 1.33. The minimum absolute atomic E-state index is 0.171. The Morgan fingerprint density at radius 2 is 2.33 bits per heavy atom. The molecule has 80 valence electrons. The molecule has 15 heavy (non-hydrogen) atoms. The van der Waals surface area contributed by atoms with Crippen molar-refractivity contribution in [1.29, 1.82) is 0 Å². The summed E-state index contributed by atoms with van der Waals surface area (Å²) >= 11 is 0. The third-order valence-electron chi connectivity index (χ3n) is 1.88. The molecule has 4 heteroatoms. The Labute approximate surface area is 89.4 Å². The van der Waals surface area contributed by atoms with Crippen LogP contribution in [0.3, 0.4) is 0 Å². The third kappa shape index (κ3) is 3.42. The predicted octanol–water partition coefficient (Wildman–Crippen LogP) is 1.43. The Morgan fingerprint density at radius 3 is 2.87 bits per heavy atom. The van der Waals surface area contributed by atoms with E-state index in [4.69, 9.17) is 0 Å². The first-order chi connectivity index (χ1) is 7.27. The number of nitrogens with zero attached hydrogens (tertiary/aromatic N) is 1. The van der Waals surface area contributed by atoms with Gasteiger partial charge in [-0.2, -0.15) is 0 Å². The largest absolute Gasteiger partial charge is 0.380 e. The first-order valence-corrected chi connectivity index (χ1v) is 4.81. The quantitative estimate of drug-likeness (QED) is 0.731. The molecule has 0 spiro atoms. The maximum atomic E-state index is 11.2. The van der Waals surface area contributed by atoms with Crippen LogP contribution in [0.15, 0.2) is 30.5 Å². The number of carbonyl (C=O) groups excluding carboxylic acids is 1. The van der Waals surface area contributed by atoms with Gasteiger partial charge in [-0.1, -0.05) is 12.2 Å².